The number of halogens is 1. The van der Waals surface area contributed by atoms with Gasteiger partial charge in [0.25, 0.3) is 21.6 Å². The van der Waals surface area contributed by atoms with E-state index in [1.807, 2.05) is 78.4 Å². The molecule has 0 spiro atoms. The highest BCUT2D eigenvalue weighted by Crippen LogP contribution is 2.30. The Balaban J connectivity index is 1.23. The minimum atomic E-state index is -4.71. The Labute approximate surface area is 359 Å². The van der Waals surface area contributed by atoms with Gasteiger partial charge in [0, 0.05) is 18.9 Å². The summed E-state index contributed by atoms with van der Waals surface area (Å²) in [5.41, 5.74) is 3.03. The molecule has 5 aromatic carbocycles. The minimum absolute atomic E-state index is 0.0132. The van der Waals surface area contributed by atoms with Crippen LogP contribution in [0.5, 0.6) is 11.5 Å². The Kier molecular flexibility index (Phi) is 13.6. The number of hydrogen-bond acceptors (Lipinski definition) is 10. The molecular formula is C45H45ClN4O10S. The molecule has 1 saturated heterocycles. The number of nitrogens with zero attached hydrogens (tertiary/aromatic N) is 2. The SMILES string of the molecule is Cc1ccc(-c2ccc(O[C@H]3C[C@@H](C(=O)N[C@@H](Cc4ccc(OCc5ccccc5)cc4)C(=O)NS(=O)(=O)c4ccc(Cl)c([N+](=O)[O-])c4)N(C(=O)OC(C)(C)C)C3)cc2)cc1. The second-order valence-electron chi connectivity index (χ2n) is 15.5. The van der Waals surface area contributed by atoms with Gasteiger partial charge in [0.15, 0.2) is 0 Å². The van der Waals surface area contributed by atoms with Gasteiger partial charge in [-0.05, 0) is 86.3 Å². The van der Waals surface area contributed by atoms with E-state index in [1.54, 1.807) is 57.2 Å². The molecule has 0 aromatic heterocycles. The Morgan fingerprint density at radius 2 is 1.49 bits per heavy atom. The number of carbonyl (C=O) groups is 3. The number of hydrogen-bond donors (Lipinski definition) is 2. The molecule has 0 saturated carbocycles. The molecule has 0 unspecified atom stereocenters. The first kappa shape index (κ1) is 44.1. The van der Waals surface area contributed by atoms with Gasteiger partial charge in [-0.2, -0.15) is 0 Å². The van der Waals surface area contributed by atoms with Crippen LogP contribution in [0, 0.1) is 17.0 Å². The first-order valence-corrected chi connectivity index (χ1v) is 21.2. The molecule has 2 N–H and O–H groups in total. The molecule has 0 radical (unpaired) electrons. The molecule has 6 rings (SSSR count). The maximum Gasteiger partial charge on any atom is 0.411 e. The van der Waals surface area contributed by atoms with Gasteiger partial charge in [-0.3, -0.25) is 24.6 Å². The van der Waals surface area contributed by atoms with Crippen molar-refractivity contribution in [3.8, 4) is 22.6 Å². The van der Waals surface area contributed by atoms with Crippen molar-refractivity contribution in [2.75, 3.05) is 6.54 Å². The first-order chi connectivity index (χ1) is 28.9. The van der Waals surface area contributed by atoms with Crippen molar-refractivity contribution in [2.45, 2.75) is 75.8 Å². The minimum Gasteiger partial charge on any atom is -0.489 e. The zero-order valence-corrected chi connectivity index (χ0v) is 35.4. The highest BCUT2D eigenvalue weighted by molar-refractivity contribution is 7.90. The molecule has 5 aromatic rings. The summed E-state index contributed by atoms with van der Waals surface area (Å²) in [6, 6.07) is 31.8. The normalized spacial score (nSPS) is 15.7. The van der Waals surface area contributed by atoms with Crippen molar-refractivity contribution < 1.29 is 41.9 Å². The largest absolute Gasteiger partial charge is 0.489 e. The van der Waals surface area contributed by atoms with E-state index < -0.39 is 67.2 Å². The Morgan fingerprint density at radius 1 is 0.869 bits per heavy atom. The molecule has 0 aliphatic carbocycles. The van der Waals surface area contributed by atoms with Crippen LogP contribution in [0.15, 0.2) is 126 Å². The molecule has 3 atom stereocenters. The van der Waals surface area contributed by atoms with Crippen LogP contribution in [0.2, 0.25) is 5.02 Å². The van der Waals surface area contributed by atoms with Crippen molar-refractivity contribution in [2.24, 2.45) is 0 Å². The smallest absolute Gasteiger partial charge is 0.411 e. The summed E-state index contributed by atoms with van der Waals surface area (Å²) >= 11 is 5.90. The Morgan fingerprint density at radius 3 is 2.11 bits per heavy atom. The molecular weight excluding hydrogens is 824 g/mol. The summed E-state index contributed by atoms with van der Waals surface area (Å²) in [6.45, 7) is 7.35. The van der Waals surface area contributed by atoms with E-state index in [9.17, 15) is 32.9 Å². The number of carbonyl (C=O) groups excluding carboxylic acids is 3. The lowest BCUT2D eigenvalue weighted by Gasteiger charge is -2.28. The fourth-order valence-corrected chi connectivity index (χ4v) is 7.78. The maximum absolute atomic E-state index is 14.3. The number of likely N-dealkylation sites (tertiary alicyclic amines) is 1. The maximum atomic E-state index is 14.3. The fraction of sp³-hybridized carbons (Fsp3) is 0.267. The van der Waals surface area contributed by atoms with Gasteiger partial charge in [0.05, 0.1) is 16.4 Å². The number of ether oxygens (including phenoxy) is 3. The van der Waals surface area contributed by atoms with Gasteiger partial charge in [-0.25, -0.2) is 17.9 Å². The molecule has 1 aliphatic heterocycles. The average Bonchev–Trinajstić information content (AvgIpc) is 3.65. The number of nitro groups is 1. The van der Waals surface area contributed by atoms with Gasteiger partial charge in [-0.1, -0.05) is 96.0 Å². The predicted molar refractivity (Wildman–Crippen MR) is 229 cm³/mol. The molecule has 1 fully saturated rings. The van der Waals surface area contributed by atoms with E-state index in [0.717, 1.165) is 40.5 Å². The van der Waals surface area contributed by atoms with Gasteiger partial charge in [0.2, 0.25) is 5.91 Å². The van der Waals surface area contributed by atoms with Crippen LogP contribution in [0.4, 0.5) is 10.5 Å². The lowest BCUT2D eigenvalue weighted by atomic mass is 10.0. The lowest BCUT2D eigenvalue weighted by Crippen LogP contribution is -2.55. The van der Waals surface area contributed by atoms with Crippen LogP contribution in [-0.4, -0.2) is 66.5 Å². The number of benzene rings is 5. The van der Waals surface area contributed by atoms with Crippen LogP contribution < -0.4 is 19.5 Å². The van der Waals surface area contributed by atoms with Gasteiger partial charge >= 0.3 is 6.09 Å². The van der Waals surface area contributed by atoms with Crippen molar-refractivity contribution in [3.63, 3.8) is 0 Å². The number of aryl methyl sites for hydroxylation is 1. The van der Waals surface area contributed by atoms with E-state index in [0.29, 0.717) is 23.7 Å². The number of nitro benzene ring substituents is 1. The third kappa shape index (κ3) is 11.9. The summed E-state index contributed by atoms with van der Waals surface area (Å²) in [5.74, 6) is -0.876. The van der Waals surface area contributed by atoms with Gasteiger partial charge in [-0.15, -0.1) is 0 Å². The Bertz CT molecular complexity index is 2480. The molecule has 1 heterocycles. The molecule has 61 heavy (non-hydrogen) atoms. The summed E-state index contributed by atoms with van der Waals surface area (Å²) in [5, 5.41) is 13.9. The van der Waals surface area contributed by atoms with Crippen molar-refractivity contribution >= 4 is 45.2 Å². The van der Waals surface area contributed by atoms with Crippen LogP contribution in [0.3, 0.4) is 0 Å². The second-order valence-corrected chi connectivity index (χ2v) is 17.6. The number of nitrogens with one attached hydrogen (secondary N) is 2. The predicted octanol–water partition coefficient (Wildman–Crippen LogP) is 7.79. The number of rotatable bonds is 14. The van der Waals surface area contributed by atoms with E-state index >= 15 is 0 Å². The van der Waals surface area contributed by atoms with E-state index in [1.165, 1.54) is 4.90 Å². The third-order valence-corrected chi connectivity index (χ3v) is 11.3. The van der Waals surface area contributed by atoms with Crippen LogP contribution >= 0.6 is 11.6 Å². The Hall–Kier alpha value is -6.45. The van der Waals surface area contributed by atoms with E-state index in [4.69, 9.17) is 25.8 Å². The highest BCUT2D eigenvalue weighted by Gasteiger charge is 2.44. The van der Waals surface area contributed by atoms with Crippen molar-refractivity contribution in [1.82, 2.24) is 14.9 Å². The first-order valence-electron chi connectivity index (χ1n) is 19.3. The van der Waals surface area contributed by atoms with Gasteiger partial charge < -0.3 is 19.5 Å². The summed E-state index contributed by atoms with van der Waals surface area (Å²) in [4.78, 5) is 53.1. The van der Waals surface area contributed by atoms with Crippen LogP contribution in [-0.2, 0) is 37.4 Å². The van der Waals surface area contributed by atoms with Crippen molar-refractivity contribution in [1.29, 1.82) is 0 Å². The zero-order valence-electron chi connectivity index (χ0n) is 33.9. The summed E-state index contributed by atoms with van der Waals surface area (Å²) in [7, 11) is -4.71. The second kappa shape index (κ2) is 18.9. The topological polar surface area (TPSA) is 183 Å². The molecule has 16 heteroatoms. The van der Waals surface area contributed by atoms with E-state index in [2.05, 4.69) is 5.32 Å². The van der Waals surface area contributed by atoms with Crippen LogP contribution in [0.25, 0.3) is 11.1 Å². The molecule has 0 bridgehead atoms. The number of amides is 3. The average molecular weight is 869 g/mol. The standard InChI is InChI=1S/C45H45ClN4O10S/c1-29-10-14-32(15-11-29)33-16-20-35(21-17-33)59-36-25-41(49(27-36)44(53)60-45(2,3)4)43(52)47-39(24-30-12-18-34(19-13-30)58-28-31-8-6-5-7-9-31)42(51)48-61(56,57)37-22-23-38(46)40(26-37)50(54)55/h5-23,26,36,39,41H,24-25,27-28H2,1-4H3,(H,47,52)(H,48,51)/t36-,39-,41-/m0/s1. The summed E-state index contributed by atoms with van der Waals surface area (Å²) in [6.07, 6.45) is -1.63. The zero-order chi connectivity index (χ0) is 43.9. The lowest BCUT2D eigenvalue weighted by molar-refractivity contribution is -0.384. The highest BCUT2D eigenvalue weighted by atomic mass is 35.5. The summed E-state index contributed by atoms with van der Waals surface area (Å²) < 4.78 is 46.7. The molecule has 318 valence electrons. The fourth-order valence-electron chi connectivity index (χ4n) is 6.56. The molecule has 3 amide bonds. The number of sulfonamides is 1. The van der Waals surface area contributed by atoms with Crippen LogP contribution in [0.1, 0.15) is 43.9 Å². The quantitative estimate of drug-likeness (QED) is 0.0825. The van der Waals surface area contributed by atoms with Gasteiger partial charge in [0.1, 0.15) is 46.9 Å². The van der Waals surface area contributed by atoms with Crippen molar-refractivity contribution in [3.05, 3.63) is 153 Å². The third-order valence-electron chi connectivity index (χ3n) is 9.64. The monoisotopic (exact) mass is 868 g/mol. The molecule has 14 nitrogen and oxygen atoms in total. The molecule has 1 aliphatic rings. The van der Waals surface area contributed by atoms with E-state index in [-0.39, 0.29) is 24.4 Å².